The first kappa shape index (κ1) is 18.1. The highest BCUT2D eigenvalue weighted by Crippen LogP contribution is 2.57. The molecule has 8 nitrogen and oxygen atoms in total. The maximum Gasteiger partial charge on any atom is 0.410 e. The lowest BCUT2D eigenvalue weighted by atomic mass is 9.95. The van der Waals surface area contributed by atoms with Gasteiger partial charge in [0.25, 0.3) is 0 Å². The summed E-state index contributed by atoms with van der Waals surface area (Å²) in [5.74, 6) is 0.221. The zero-order chi connectivity index (χ0) is 20.2. The number of nitrogens with zero attached hydrogens (tertiary/aromatic N) is 5. The summed E-state index contributed by atoms with van der Waals surface area (Å²) in [4.78, 5) is 14.6. The fourth-order valence-electron chi connectivity index (χ4n) is 4.52. The second kappa shape index (κ2) is 6.30. The zero-order valence-corrected chi connectivity index (χ0v) is 17.1. The summed E-state index contributed by atoms with van der Waals surface area (Å²) in [5, 5.41) is 17.0. The minimum Gasteiger partial charge on any atom is -0.444 e. The monoisotopic (exact) mass is 394 g/mol. The number of aromatic amines is 1. The third kappa shape index (κ3) is 3.26. The second-order valence-electron chi connectivity index (χ2n) is 9.21. The standard InChI is InChI=1S/C21H26N6O2/c1-20(2,3)29-19(28)27-9-6-16(21(27)7-8-21)18-13-26(25-24-18)12-14-4-5-15-11-22-23-17(15)10-14/h4-5,10-11,13,16H,6-9,12H2,1-3H3,(H,22,23). The molecule has 1 saturated carbocycles. The quantitative estimate of drug-likeness (QED) is 0.735. The van der Waals surface area contributed by atoms with Crippen molar-refractivity contribution < 1.29 is 9.53 Å². The lowest BCUT2D eigenvalue weighted by Gasteiger charge is -2.30. The van der Waals surface area contributed by atoms with Crippen LogP contribution in [0.1, 0.15) is 57.2 Å². The van der Waals surface area contributed by atoms with E-state index in [0.29, 0.717) is 13.1 Å². The Morgan fingerprint density at radius 2 is 2.17 bits per heavy atom. The summed E-state index contributed by atoms with van der Waals surface area (Å²) in [7, 11) is 0. The molecule has 1 atom stereocenters. The van der Waals surface area contributed by atoms with Gasteiger partial charge in [-0.25, -0.2) is 9.48 Å². The molecule has 1 amide bonds. The van der Waals surface area contributed by atoms with Crippen molar-refractivity contribution in [2.75, 3.05) is 6.54 Å². The summed E-state index contributed by atoms with van der Waals surface area (Å²) < 4.78 is 7.51. The van der Waals surface area contributed by atoms with Gasteiger partial charge in [-0.15, -0.1) is 5.10 Å². The maximum atomic E-state index is 12.7. The Balaban J connectivity index is 1.32. The molecule has 1 unspecified atom stereocenters. The van der Waals surface area contributed by atoms with E-state index in [4.69, 9.17) is 4.74 Å². The molecule has 3 aromatic rings. The van der Waals surface area contributed by atoms with Gasteiger partial charge in [0.05, 0.1) is 29.5 Å². The second-order valence-corrected chi connectivity index (χ2v) is 9.21. The lowest BCUT2D eigenvalue weighted by molar-refractivity contribution is 0.0194. The van der Waals surface area contributed by atoms with E-state index in [1.807, 2.05) is 42.7 Å². The number of benzene rings is 1. The molecule has 1 N–H and O–H groups in total. The van der Waals surface area contributed by atoms with E-state index >= 15 is 0 Å². The number of hydrogen-bond acceptors (Lipinski definition) is 5. The predicted octanol–water partition coefficient (Wildman–Crippen LogP) is 3.46. The Hall–Kier alpha value is -2.90. The van der Waals surface area contributed by atoms with Crippen LogP contribution in [0.25, 0.3) is 10.9 Å². The Morgan fingerprint density at radius 3 is 2.93 bits per heavy atom. The van der Waals surface area contributed by atoms with Crippen LogP contribution in [-0.4, -0.2) is 53.9 Å². The number of hydrogen-bond donors (Lipinski definition) is 1. The Bertz CT molecular complexity index is 1060. The minimum absolute atomic E-state index is 0.141. The SMILES string of the molecule is CC(C)(C)OC(=O)N1CCC(c2cn(Cc3ccc4cn[nH]c4c3)nn2)C12CC2. The molecule has 0 bridgehead atoms. The van der Waals surface area contributed by atoms with Gasteiger partial charge in [-0.2, -0.15) is 5.10 Å². The molecule has 1 aliphatic carbocycles. The molecule has 2 aromatic heterocycles. The Labute approximate surface area is 169 Å². The van der Waals surface area contributed by atoms with Crippen molar-refractivity contribution >= 4 is 17.0 Å². The highest BCUT2D eigenvalue weighted by Gasteiger charge is 2.61. The van der Waals surface area contributed by atoms with Crippen molar-refractivity contribution in [3.63, 3.8) is 0 Å². The molecule has 3 heterocycles. The predicted molar refractivity (Wildman–Crippen MR) is 107 cm³/mol. The molecule has 5 rings (SSSR count). The van der Waals surface area contributed by atoms with Crippen molar-refractivity contribution in [2.45, 2.75) is 63.6 Å². The average molecular weight is 394 g/mol. The Kier molecular flexibility index (Phi) is 3.94. The number of rotatable bonds is 3. The van der Waals surface area contributed by atoms with Crippen LogP contribution in [0, 0.1) is 0 Å². The number of aromatic nitrogens is 5. The van der Waals surface area contributed by atoms with Gasteiger partial charge >= 0.3 is 6.09 Å². The van der Waals surface area contributed by atoms with E-state index in [0.717, 1.165) is 41.4 Å². The van der Waals surface area contributed by atoms with Crippen LogP contribution >= 0.6 is 0 Å². The van der Waals surface area contributed by atoms with Crippen LogP contribution in [0.5, 0.6) is 0 Å². The van der Waals surface area contributed by atoms with Crippen LogP contribution in [-0.2, 0) is 11.3 Å². The van der Waals surface area contributed by atoms with Crippen LogP contribution in [0.2, 0.25) is 0 Å². The molecule has 2 aliphatic rings. The molecule has 1 saturated heterocycles. The van der Waals surface area contributed by atoms with Gasteiger partial charge in [0.15, 0.2) is 0 Å². The van der Waals surface area contributed by atoms with Crippen LogP contribution in [0.15, 0.2) is 30.6 Å². The number of nitrogens with one attached hydrogen (secondary N) is 1. The third-order valence-electron chi connectivity index (χ3n) is 5.97. The van der Waals surface area contributed by atoms with E-state index in [9.17, 15) is 4.79 Å². The van der Waals surface area contributed by atoms with Gasteiger partial charge in [-0.3, -0.25) is 5.10 Å². The fraction of sp³-hybridized carbons (Fsp3) is 0.524. The zero-order valence-electron chi connectivity index (χ0n) is 17.1. The molecule has 2 fully saturated rings. The number of ether oxygens (including phenoxy) is 1. The van der Waals surface area contributed by atoms with Gasteiger partial charge in [-0.05, 0) is 51.7 Å². The highest BCUT2D eigenvalue weighted by atomic mass is 16.6. The van der Waals surface area contributed by atoms with Crippen LogP contribution < -0.4 is 0 Å². The lowest BCUT2D eigenvalue weighted by Crippen LogP contribution is -2.42. The van der Waals surface area contributed by atoms with Crippen LogP contribution in [0.3, 0.4) is 0 Å². The number of amides is 1. The molecule has 0 radical (unpaired) electrons. The molecule has 1 aliphatic heterocycles. The molecule has 1 spiro atoms. The van der Waals surface area contributed by atoms with Crippen molar-refractivity contribution in [2.24, 2.45) is 0 Å². The summed E-state index contributed by atoms with van der Waals surface area (Å²) in [6.07, 6.45) is 6.54. The highest BCUT2D eigenvalue weighted by molar-refractivity contribution is 5.78. The summed E-state index contributed by atoms with van der Waals surface area (Å²) in [5.41, 5.74) is 2.50. The topological polar surface area (TPSA) is 88.9 Å². The summed E-state index contributed by atoms with van der Waals surface area (Å²) in [6, 6.07) is 6.23. The minimum atomic E-state index is -0.482. The third-order valence-corrected chi connectivity index (χ3v) is 5.97. The van der Waals surface area contributed by atoms with E-state index in [1.54, 1.807) is 0 Å². The number of likely N-dealkylation sites (tertiary alicyclic amines) is 1. The van der Waals surface area contributed by atoms with E-state index in [2.05, 4.69) is 38.7 Å². The van der Waals surface area contributed by atoms with Crippen molar-refractivity contribution in [3.8, 4) is 0 Å². The van der Waals surface area contributed by atoms with Crippen molar-refractivity contribution in [1.29, 1.82) is 0 Å². The average Bonchev–Trinajstić information content (AvgIpc) is 2.98. The molecule has 1 aromatic carbocycles. The summed E-state index contributed by atoms with van der Waals surface area (Å²) >= 11 is 0. The van der Waals surface area contributed by atoms with Crippen LogP contribution in [0.4, 0.5) is 4.79 Å². The molecule has 29 heavy (non-hydrogen) atoms. The van der Waals surface area contributed by atoms with E-state index in [-0.39, 0.29) is 17.6 Å². The fourth-order valence-corrected chi connectivity index (χ4v) is 4.52. The molecular weight excluding hydrogens is 368 g/mol. The van der Waals surface area contributed by atoms with E-state index in [1.165, 1.54) is 0 Å². The van der Waals surface area contributed by atoms with Gasteiger partial charge in [-0.1, -0.05) is 17.3 Å². The largest absolute Gasteiger partial charge is 0.444 e. The maximum absolute atomic E-state index is 12.7. The van der Waals surface area contributed by atoms with Crippen molar-refractivity contribution in [1.82, 2.24) is 30.1 Å². The first-order valence-corrected chi connectivity index (χ1v) is 10.2. The molecule has 8 heteroatoms. The van der Waals surface area contributed by atoms with Gasteiger partial charge in [0.1, 0.15) is 5.60 Å². The van der Waals surface area contributed by atoms with Crippen molar-refractivity contribution in [3.05, 3.63) is 41.9 Å². The smallest absolute Gasteiger partial charge is 0.410 e. The molecule has 152 valence electrons. The molecular formula is C21H26N6O2. The number of H-pyrrole nitrogens is 1. The number of carbonyl (C=O) groups excluding carboxylic acids is 1. The normalized spacial score (nSPS) is 20.5. The first-order chi connectivity index (χ1) is 13.8. The van der Waals surface area contributed by atoms with Gasteiger partial charge < -0.3 is 9.64 Å². The summed E-state index contributed by atoms with van der Waals surface area (Å²) in [6.45, 7) is 7.08. The Morgan fingerprint density at radius 1 is 1.34 bits per heavy atom. The van der Waals surface area contributed by atoms with Gasteiger partial charge in [0.2, 0.25) is 0 Å². The number of carbonyl (C=O) groups is 1. The van der Waals surface area contributed by atoms with Gasteiger partial charge in [0, 0.05) is 24.0 Å². The van der Waals surface area contributed by atoms with E-state index < -0.39 is 5.60 Å². The number of fused-ring (bicyclic) bond motifs is 1. The first-order valence-electron chi connectivity index (χ1n) is 10.2.